The lowest BCUT2D eigenvalue weighted by molar-refractivity contribution is 0.0733. The fourth-order valence-electron chi connectivity index (χ4n) is 3.17. The molecular formula is C23H13BrO6. The Hall–Kier alpha value is -3.58. The Kier molecular flexibility index (Phi) is 4.52. The summed E-state index contributed by atoms with van der Waals surface area (Å²) in [5.41, 5.74) is 1.55. The Morgan fingerprint density at radius 2 is 1.80 bits per heavy atom. The molecule has 5 rings (SSSR count). The fraction of sp³-hybridized carbons (Fsp3) is 0.0435. The molecule has 0 saturated heterocycles. The summed E-state index contributed by atoms with van der Waals surface area (Å²) in [6.07, 6.45) is 1.64. The van der Waals surface area contributed by atoms with E-state index in [0.29, 0.717) is 32.8 Å². The van der Waals surface area contributed by atoms with Crippen molar-refractivity contribution in [2.45, 2.75) is 0 Å². The van der Waals surface area contributed by atoms with Crippen molar-refractivity contribution < 1.29 is 28.5 Å². The van der Waals surface area contributed by atoms with E-state index < -0.39 is 5.97 Å². The van der Waals surface area contributed by atoms with Gasteiger partial charge in [-0.05, 0) is 64.0 Å². The Balaban J connectivity index is 1.38. The molecule has 0 fully saturated rings. The predicted octanol–water partition coefficient (Wildman–Crippen LogP) is 5.01. The van der Waals surface area contributed by atoms with E-state index in [2.05, 4.69) is 15.9 Å². The summed E-state index contributed by atoms with van der Waals surface area (Å²) in [4.78, 5) is 25.1. The average molecular weight is 465 g/mol. The average Bonchev–Trinajstić information content (AvgIpc) is 3.32. The number of hydrogen-bond donors (Lipinski definition) is 0. The molecule has 7 heteroatoms. The molecule has 0 unspecified atom stereocenters. The molecule has 148 valence electrons. The number of allylic oxidation sites excluding steroid dienone is 1. The lowest BCUT2D eigenvalue weighted by atomic mass is 10.1. The predicted molar refractivity (Wildman–Crippen MR) is 111 cm³/mol. The van der Waals surface area contributed by atoms with Crippen molar-refractivity contribution in [2.75, 3.05) is 6.79 Å². The molecular weight excluding hydrogens is 452 g/mol. The lowest BCUT2D eigenvalue weighted by Crippen LogP contribution is -2.09. The van der Waals surface area contributed by atoms with Gasteiger partial charge in [0.1, 0.15) is 11.5 Å². The number of hydrogen-bond acceptors (Lipinski definition) is 6. The fourth-order valence-corrected chi connectivity index (χ4v) is 3.62. The van der Waals surface area contributed by atoms with Gasteiger partial charge in [-0.3, -0.25) is 4.79 Å². The largest absolute Gasteiger partial charge is 0.454 e. The second-order valence-corrected chi connectivity index (χ2v) is 7.43. The van der Waals surface area contributed by atoms with E-state index in [1.165, 1.54) is 6.07 Å². The molecule has 3 aromatic rings. The van der Waals surface area contributed by atoms with Crippen LogP contribution in [0.3, 0.4) is 0 Å². The molecule has 0 radical (unpaired) electrons. The second kappa shape index (κ2) is 7.35. The second-order valence-electron chi connectivity index (χ2n) is 6.58. The Morgan fingerprint density at radius 1 is 0.967 bits per heavy atom. The van der Waals surface area contributed by atoms with Gasteiger partial charge in [0.05, 0.1) is 11.1 Å². The maximum atomic E-state index is 12.7. The van der Waals surface area contributed by atoms with Gasteiger partial charge in [0.25, 0.3) is 0 Å². The first-order valence-corrected chi connectivity index (χ1v) is 9.82. The third kappa shape index (κ3) is 3.33. The molecule has 0 aromatic heterocycles. The molecule has 0 N–H and O–H groups in total. The summed E-state index contributed by atoms with van der Waals surface area (Å²) in [7, 11) is 0. The first-order chi connectivity index (χ1) is 14.6. The van der Waals surface area contributed by atoms with E-state index in [1.54, 1.807) is 48.5 Å². The Bertz CT molecular complexity index is 1230. The Labute approximate surface area is 179 Å². The van der Waals surface area contributed by atoms with Crippen molar-refractivity contribution in [3.63, 3.8) is 0 Å². The van der Waals surface area contributed by atoms with Crippen molar-refractivity contribution in [3.05, 3.63) is 87.6 Å². The third-order valence-electron chi connectivity index (χ3n) is 4.64. The number of fused-ring (bicyclic) bond motifs is 2. The van der Waals surface area contributed by atoms with Crippen LogP contribution in [0.4, 0.5) is 0 Å². The van der Waals surface area contributed by atoms with Crippen molar-refractivity contribution in [1.82, 2.24) is 0 Å². The molecule has 30 heavy (non-hydrogen) atoms. The van der Waals surface area contributed by atoms with Crippen LogP contribution in [0, 0.1) is 0 Å². The Morgan fingerprint density at radius 3 is 2.67 bits per heavy atom. The molecule has 2 heterocycles. The number of halogens is 1. The molecule has 0 amide bonds. The van der Waals surface area contributed by atoms with Gasteiger partial charge in [0, 0.05) is 10.5 Å². The van der Waals surface area contributed by atoms with E-state index in [9.17, 15) is 9.59 Å². The van der Waals surface area contributed by atoms with Gasteiger partial charge in [0.15, 0.2) is 17.3 Å². The van der Waals surface area contributed by atoms with Crippen molar-refractivity contribution >= 4 is 33.8 Å². The number of benzene rings is 3. The summed E-state index contributed by atoms with van der Waals surface area (Å²) in [6.45, 7) is 0.178. The maximum Gasteiger partial charge on any atom is 0.344 e. The summed E-state index contributed by atoms with van der Waals surface area (Å²) >= 11 is 3.33. The monoisotopic (exact) mass is 464 g/mol. The number of rotatable bonds is 3. The van der Waals surface area contributed by atoms with E-state index in [1.807, 2.05) is 12.1 Å². The van der Waals surface area contributed by atoms with E-state index in [0.717, 1.165) is 5.56 Å². The van der Waals surface area contributed by atoms with Crippen molar-refractivity contribution in [2.24, 2.45) is 0 Å². The van der Waals surface area contributed by atoms with Crippen LogP contribution in [-0.4, -0.2) is 18.5 Å². The zero-order valence-electron chi connectivity index (χ0n) is 15.4. The number of carbonyl (C=O) groups is 2. The zero-order chi connectivity index (χ0) is 20.7. The van der Waals surface area contributed by atoms with Gasteiger partial charge < -0.3 is 18.9 Å². The van der Waals surface area contributed by atoms with Crippen LogP contribution in [0.1, 0.15) is 26.3 Å². The smallest absolute Gasteiger partial charge is 0.344 e. The van der Waals surface area contributed by atoms with E-state index in [4.69, 9.17) is 18.9 Å². The molecule has 0 atom stereocenters. The summed E-state index contributed by atoms with van der Waals surface area (Å²) in [5.74, 6) is 1.33. The molecule has 2 aliphatic heterocycles. The summed E-state index contributed by atoms with van der Waals surface area (Å²) in [6, 6.07) is 17.0. The van der Waals surface area contributed by atoms with Gasteiger partial charge in [-0.25, -0.2) is 4.79 Å². The number of ether oxygens (including phenoxy) is 4. The van der Waals surface area contributed by atoms with Gasteiger partial charge in [-0.1, -0.05) is 18.2 Å². The normalized spacial score (nSPS) is 15.1. The highest BCUT2D eigenvalue weighted by Gasteiger charge is 2.28. The van der Waals surface area contributed by atoms with E-state index >= 15 is 0 Å². The highest BCUT2D eigenvalue weighted by Crippen LogP contribution is 2.37. The number of carbonyl (C=O) groups excluding carboxylic acids is 2. The number of esters is 1. The first-order valence-electron chi connectivity index (χ1n) is 9.03. The van der Waals surface area contributed by atoms with Gasteiger partial charge in [0.2, 0.25) is 12.6 Å². The van der Waals surface area contributed by atoms with Crippen LogP contribution in [0.2, 0.25) is 0 Å². The maximum absolute atomic E-state index is 12.7. The topological polar surface area (TPSA) is 71.1 Å². The minimum absolute atomic E-state index is 0.178. The van der Waals surface area contributed by atoms with Crippen LogP contribution in [-0.2, 0) is 0 Å². The summed E-state index contributed by atoms with van der Waals surface area (Å²) in [5, 5.41) is 0. The van der Waals surface area contributed by atoms with Crippen LogP contribution >= 0.6 is 15.9 Å². The molecule has 3 aromatic carbocycles. The highest BCUT2D eigenvalue weighted by atomic mass is 79.9. The van der Waals surface area contributed by atoms with Crippen molar-refractivity contribution in [3.8, 4) is 23.0 Å². The molecule has 0 aliphatic carbocycles. The molecule has 0 saturated carbocycles. The van der Waals surface area contributed by atoms with Crippen LogP contribution in [0.25, 0.3) is 6.08 Å². The standard InChI is InChI=1S/C23H13BrO6/c24-17-4-2-1-3-15(17)23(26)29-14-6-7-16-19(11-14)30-21(22(16)25)10-13-5-8-18-20(9-13)28-12-27-18/h1-11H,12H2/b21-10-. The van der Waals surface area contributed by atoms with Gasteiger partial charge >= 0.3 is 5.97 Å². The minimum atomic E-state index is -0.511. The lowest BCUT2D eigenvalue weighted by Gasteiger charge is -2.07. The van der Waals surface area contributed by atoms with Gasteiger partial charge in [-0.15, -0.1) is 0 Å². The van der Waals surface area contributed by atoms with E-state index in [-0.39, 0.29) is 24.1 Å². The number of ketones is 1. The zero-order valence-corrected chi connectivity index (χ0v) is 17.0. The minimum Gasteiger partial charge on any atom is -0.454 e. The van der Waals surface area contributed by atoms with Crippen LogP contribution in [0.5, 0.6) is 23.0 Å². The first kappa shape index (κ1) is 18.4. The molecule has 0 spiro atoms. The van der Waals surface area contributed by atoms with Gasteiger partial charge in [-0.2, -0.15) is 0 Å². The molecule has 2 aliphatic rings. The summed E-state index contributed by atoms with van der Waals surface area (Å²) < 4.78 is 22.5. The molecule has 0 bridgehead atoms. The highest BCUT2D eigenvalue weighted by molar-refractivity contribution is 9.10. The third-order valence-corrected chi connectivity index (χ3v) is 5.33. The quantitative estimate of drug-likeness (QED) is 0.308. The SMILES string of the molecule is O=C(Oc1ccc2c(c1)O/C(=C\c1ccc3c(c1)OCO3)C2=O)c1ccccc1Br. The van der Waals surface area contributed by atoms with Crippen LogP contribution < -0.4 is 18.9 Å². The van der Waals surface area contributed by atoms with Crippen molar-refractivity contribution in [1.29, 1.82) is 0 Å². The molecule has 6 nitrogen and oxygen atoms in total. The van der Waals surface area contributed by atoms with Crippen LogP contribution in [0.15, 0.2) is 70.9 Å². The number of Topliss-reactive ketones (excluding diaryl/α,β-unsaturated/α-hetero) is 1.